The van der Waals surface area contributed by atoms with E-state index in [1.165, 1.54) is 52.6 Å². The van der Waals surface area contributed by atoms with Crippen molar-refractivity contribution < 1.29 is 0 Å². The summed E-state index contributed by atoms with van der Waals surface area (Å²) >= 11 is 1.94. The molecule has 0 atom stereocenters. The fraction of sp³-hybridized carbons (Fsp3) is 0.333. The summed E-state index contributed by atoms with van der Waals surface area (Å²) in [5.74, 6) is 1.41. The van der Waals surface area contributed by atoms with Gasteiger partial charge in [-0.25, -0.2) is 4.98 Å². The molecule has 1 saturated carbocycles. The van der Waals surface area contributed by atoms with E-state index in [0.717, 1.165) is 17.0 Å². The molecule has 0 unspecified atom stereocenters. The standard InChI is InChI=1S/C21H23N3S/c1-23-12-18-9-17(13-24-21(18)22)15-6-7-16-10-19(25-20(16)11-15)8-14-4-2-3-5-14/h6-7,9-14H,2-5,8H2,1H3,(H2,22,24). The van der Waals surface area contributed by atoms with Crippen LogP contribution in [0.15, 0.2) is 41.5 Å². The van der Waals surface area contributed by atoms with Crippen LogP contribution in [0.4, 0.5) is 5.82 Å². The third-order valence-electron chi connectivity index (χ3n) is 5.09. The number of hydrogen-bond donors (Lipinski definition) is 1. The molecule has 4 rings (SSSR count). The first-order valence-corrected chi connectivity index (χ1v) is 9.75. The van der Waals surface area contributed by atoms with Crippen molar-refractivity contribution in [2.45, 2.75) is 32.1 Å². The lowest BCUT2D eigenvalue weighted by atomic mass is 10.0. The van der Waals surface area contributed by atoms with E-state index in [1.807, 2.05) is 17.5 Å². The Morgan fingerprint density at radius 1 is 1.20 bits per heavy atom. The summed E-state index contributed by atoms with van der Waals surface area (Å²) in [5, 5.41) is 1.35. The molecule has 0 spiro atoms. The summed E-state index contributed by atoms with van der Waals surface area (Å²) in [6, 6.07) is 11.1. The van der Waals surface area contributed by atoms with Gasteiger partial charge in [-0.1, -0.05) is 37.8 Å². The van der Waals surface area contributed by atoms with Crippen LogP contribution < -0.4 is 5.73 Å². The van der Waals surface area contributed by atoms with Gasteiger partial charge in [-0.05, 0) is 41.5 Å². The number of aliphatic imine (C=N–C) groups is 1. The molecule has 0 aliphatic heterocycles. The predicted molar refractivity (Wildman–Crippen MR) is 109 cm³/mol. The van der Waals surface area contributed by atoms with E-state index in [2.05, 4.69) is 40.3 Å². The number of pyridine rings is 1. The number of hydrogen-bond acceptors (Lipinski definition) is 4. The van der Waals surface area contributed by atoms with E-state index in [9.17, 15) is 0 Å². The molecule has 1 aromatic carbocycles. The molecule has 0 bridgehead atoms. The Hall–Kier alpha value is -2.20. The number of rotatable bonds is 4. The Kier molecular flexibility index (Phi) is 4.53. The maximum Gasteiger partial charge on any atom is 0.132 e. The average molecular weight is 350 g/mol. The highest BCUT2D eigenvalue weighted by molar-refractivity contribution is 7.19. The lowest BCUT2D eigenvalue weighted by molar-refractivity contribution is 0.551. The lowest BCUT2D eigenvalue weighted by Crippen LogP contribution is -1.97. The zero-order valence-corrected chi connectivity index (χ0v) is 15.4. The second kappa shape index (κ2) is 6.96. The Bertz CT molecular complexity index is 920. The lowest BCUT2D eigenvalue weighted by Gasteiger charge is -2.05. The molecular formula is C21H23N3S. The topological polar surface area (TPSA) is 51.3 Å². The number of fused-ring (bicyclic) bond motifs is 1. The van der Waals surface area contributed by atoms with Crippen molar-refractivity contribution in [3.05, 3.63) is 47.0 Å². The minimum absolute atomic E-state index is 0.519. The maximum absolute atomic E-state index is 5.92. The van der Waals surface area contributed by atoms with Gasteiger partial charge in [0.15, 0.2) is 0 Å². The van der Waals surface area contributed by atoms with Crippen LogP contribution in [-0.4, -0.2) is 18.2 Å². The van der Waals surface area contributed by atoms with Gasteiger partial charge in [-0.3, -0.25) is 4.99 Å². The van der Waals surface area contributed by atoms with Gasteiger partial charge in [-0.2, -0.15) is 0 Å². The molecule has 1 aliphatic rings. The van der Waals surface area contributed by atoms with Crippen molar-refractivity contribution in [3.63, 3.8) is 0 Å². The third-order valence-corrected chi connectivity index (χ3v) is 6.21. The summed E-state index contributed by atoms with van der Waals surface area (Å²) in [5.41, 5.74) is 9.05. The van der Waals surface area contributed by atoms with Gasteiger partial charge in [0.25, 0.3) is 0 Å². The monoisotopic (exact) mass is 349 g/mol. The molecule has 3 aromatic rings. The molecule has 0 radical (unpaired) electrons. The zero-order valence-electron chi connectivity index (χ0n) is 14.5. The maximum atomic E-state index is 5.92. The summed E-state index contributed by atoms with van der Waals surface area (Å²) in [6.07, 6.45) is 10.5. The van der Waals surface area contributed by atoms with E-state index >= 15 is 0 Å². The van der Waals surface area contributed by atoms with Crippen LogP contribution in [0.5, 0.6) is 0 Å². The highest BCUT2D eigenvalue weighted by atomic mass is 32.1. The average Bonchev–Trinajstić information content (AvgIpc) is 3.25. The summed E-state index contributed by atoms with van der Waals surface area (Å²) < 4.78 is 1.35. The van der Waals surface area contributed by atoms with E-state index in [1.54, 1.807) is 13.3 Å². The molecule has 128 valence electrons. The molecule has 0 saturated heterocycles. The second-order valence-corrected chi connectivity index (χ2v) is 8.07. The van der Waals surface area contributed by atoms with E-state index in [0.29, 0.717) is 5.82 Å². The Balaban J connectivity index is 1.65. The molecule has 4 heteroatoms. The third kappa shape index (κ3) is 3.45. The van der Waals surface area contributed by atoms with Crippen molar-refractivity contribution in [2.75, 3.05) is 12.8 Å². The molecule has 2 aromatic heterocycles. The van der Waals surface area contributed by atoms with Crippen molar-refractivity contribution in [3.8, 4) is 11.1 Å². The van der Waals surface area contributed by atoms with Crippen LogP contribution in [0, 0.1) is 5.92 Å². The van der Waals surface area contributed by atoms with Crippen molar-refractivity contribution >= 4 is 33.5 Å². The summed E-state index contributed by atoms with van der Waals surface area (Å²) in [4.78, 5) is 9.90. The van der Waals surface area contributed by atoms with Gasteiger partial charge >= 0.3 is 0 Å². The van der Waals surface area contributed by atoms with Crippen LogP contribution in [0.1, 0.15) is 36.1 Å². The minimum Gasteiger partial charge on any atom is -0.383 e. The van der Waals surface area contributed by atoms with Crippen molar-refractivity contribution in [1.82, 2.24) is 4.98 Å². The van der Waals surface area contributed by atoms with Crippen molar-refractivity contribution in [2.24, 2.45) is 10.9 Å². The number of nitrogens with zero attached hydrogens (tertiary/aromatic N) is 2. The zero-order chi connectivity index (χ0) is 17.2. The van der Waals surface area contributed by atoms with Gasteiger partial charge in [0.2, 0.25) is 0 Å². The van der Waals surface area contributed by atoms with Crippen molar-refractivity contribution in [1.29, 1.82) is 0 Å². The molecule has 1 fully saturated rings. The number of aromatic nitrogens is 1. The van der Waals surface area contributed by atoms with Gasteiger partial charge in [0.1, 0.15) is 5.82 Å². The van der Waals surface area contributed by atoms with E-state index < -0.39 is 0 Å². The normalized spacial score (nSPS) is 15.6. The Morgan fingerprint density at radius 2 is 2.04 bits per heavy atom. The highest BCUT2D eigenvalue weighted by Crippen LogP contribution is 2.35. The highest BCUT2D eigenvalue weighted by Gasteiger charge is 2.16. The predicted octanol–water partition coefficient (Wildman–Crippen LogP) is 5.33. The molecule has 0 amide bonds. The molecule has 3 nitrogen and oxygen atoms in total. The largest absolute Gasteiger partial charge is 0.383 e. The number of benzene rings is 1. The van der Waals surface area contributed by atoms with Crippen LogP contribution in [-0.2, 0) is 6.42 Å². The first kappa shape index (κ1) is 16.3. The number of nitrogen functional groups attached to an aromatic ring is 1. The quantitative estimate of drug-likeness (QED) is 0.647. The molecular weight excluding hydrogens is 326 g/mol. The smallest absolute Gasteiger partial charge is 0.132 e. The van der Waals surface area contributed by atoms with Crippen LogP contribution in [0.3, 0.4) is 0 Å². The number of thiophene rings is 1. The number of nitrogens with two attached hydrogens (primary N) is 1. The molecule has 2 heterocycles. The van der Waals surface area contributed by atoms with E-state index in [-0.39, 0.29) is 0 Å². The fourth-order valence-electron chi connectivity index (χ4n) is 3.76. The van der Waals surface area contributed by atoms with Gasteiger partial charge in [-0.15, -0.1) is 11.3 Å². The van der Waals surface area contributed by atoms with Crippen LogP contribution in [0.2, 0.25) is 0 Å². The molecule has 25 heavy (non-hydrogen) atoms. The van der Waals surface area contributed by atoms with Crippen LogP contribution >= 0.6 is 11.3 Å². The van der Waals surface area contributed by atoms with Gasteiger partial charge in [0, 0.05) is 40.2 Å². The Morgan fingerprint density at radius 3 is 2.84 bits per heavy atom. The Labute approximate surface area is 152 Å². The first-order valence-electron chi connectivity index (χ1n) is 8.93. The van der Waals surface area contributed by atoms with Gasteiger partial charge < -0.3 is 5.73 Å². The molecule has 1 aliphatic carbocycles. The first-order chi connectivity index (χ1) is 12.2. The summed E-state index contributed by atoms with van der Waals surface area (Å²) in [6.45, 7) is 0. The van der Waals surface area contributed by atoms with Gasteiger partial charge in [0.05, 0.1) is 0 Å². The number of anilines is 1. The van der Waals surface area contributed by atoms with Crippen LogP contribution in [0.25, 0.3) is 21.2 Å². The summed E-state index contributed by atoms with van der Waals surface area (Å²) in [7, 11) is 1.75. The minimum atomic E-state index is 0.519. The SMILES string of the molecule is CN=Cc1cc(-c2ccc3cc(CC4CCCC4)sc3c2)cnc1N. The van der Waals surface area contributed by atoms with E-state index in [4.69, 9.17) is 5.73 Å². The fourth-order valence-corrected chi connectivity index (χ4v) is 4.98. The second-order valence-electron chi connectivity index (χ2n) is 6.91. The molecule has 2 N–H and O–H groups in total.